The second-order valence-corrected chi connectivity index (χ2v) is 7.19. The van der Waals surface area contributed by atoms with Crippen LogP contribution >= 0.6 is 0 Å². The molecule has 0 aliphatic heterocycles. The van der Waals surface area contributed by atoms with Crippen molar-refractivity contribution in [2.45, 2.75) is 38.5 Å². The van der Waals surface area contributed by atoms with Gasteiger partial charge in [-0.15, -0.1) is 0 Å². The summed E-state index contributed by atoms with van der Waals surface area (Å²) < 4.78 is 0. The van der Waals surface area contributed by atoms with Gasteiger partial charge < -0.3 is 29.8 Å². The molecule has 0 spiro atoms. The normalized spacial score (nSPS) is 10.0. The van der Waals surface area contributed by atoms with Crippen molar-refractivity contribution in [3.63, 3.8) is 0 Å². The van der Waals surface area contributed by atoms with Gasteiger partial charge in [0.05, 0.1) is 0 Å². The third-order valence-electron chi connectivity index (χ3n) is 4.91. The van der Waals surface area contributed by atoms with Gasteiger partial charge in [-0.05, 0) is 67.7 Å². The predicted molar refractivity (Wildman–Crippen MR) is 112 cm³/mol. The molecular formula is C24H24Li2N2O4. The van der Waals surface area contributed by atoms with E-state index in [2.05, 4.69) is 16.0 Å². The summed E-state index contributed by atoms with van der Waals surface area (Å²) in [6.07, 6.45) is 4.97. The van der Waals surface area contributed by atoms with E-state index < -0.39 is 11.9 Å². The number of hydrogen-bond donors (Lipinski definition) is 2. The second-order valence-electron chi connectivity index (χ2n) is 7.19. The van der Waals surface area contributed by atoms with Crippen molar-refractivity contribution in [2.24, 2.45) is 0 Å². The fourth-order valence-electron chi connectivity index (χ4n) is 3.45. The Hall–Kier alpha value is -2.35. The number of carbonyl (C=O) groups is 2. The molecule has 0 aliphatic rings. The van der Waals surface area contributed by atoms with Crippen LogP contribution in [0.2, 0.25) is 0 Å². The summed E-state index contributed by atoms with van der Waals surface area (Å²) in [4.78, 5) is 26.9. The molecule has 0 radical (unpaired) electrons. The van der Waals surface area contributed by atoms with Crippen LogP contribution in [0.1, 0.15) is 36.9 Å². The maximum absolute atomic E-state index is 10.3. The molecule has 4 rings (SSSR count). The monoisotopic (exact) mass is 418 g/mol. The molecule has 32 heavy (non-hydrogen) atoms. The number of benzene rings is 2. The van der Waals surface area contributed by atoms with Crippen molar-refractivity contribution in [3.05, 3.63) is 72.1 Å². The van der Waals surface area contributed by atoms with Crippen molar-refractivity contribution in [3.8, 4) is 0 Å². The molecular weight excluding hydrogens is 394 g/mol. The van der Waals surface area contributed by atoms with E-state index in [0.717, 1.165) is 29.6 Å². The van der Waals surface area contributed by atoms with Gasteiger partial charge >= 0.3 is 37.7 Å². The van der Waals surface area contributed by atoms with Crippen molar-refractivity contribution in [1.29, 1.82) is 0 Å². The molecule has 0 unspecified atom stereocenters. The Morgan fingerprint density at radius 3 is 2.03 bits per heavy atom. The zero-order valence-corrected chi connectivity index (χ0v) is 18.6. The molecule has 0 amide bonds. The van der Waals surface area contributed by atoms with Crippen LogP contribution in [0.3, 0.4) is 0 Å². The van der Waals surface area contributed by atoms with E-state index in [0.29, 0.717) is 12.8 Å². The van der Waals surface area contributed by atoms with Crippen LogP contribution in [0, 0.1) is 0 Å². The van der Waals surface area contributed by atoms with Crippen LogP contribution < -0.4 is 47.9 Å². The summed E-state index contributed by atoms with van der Waals surface area (Å²) >= 11 is 0. The van der Waals surface area contributed by atoms with Crippen LogP contribution in [-0.2, 0) is 22.4 Å². The molecule has 6 nitrogen and oxygen atoms in total. The van der Waals surface area contributed by atoms with Crippen LogP contribution in [0.4, 0.5) is 0 Å². The Bertz CT molecular complexity index is 1100. The topological polar surface area (TPSA) is 112 Å². The van der Waals surface area contributed by atoms with Gasteiger partial charge in [-0.25, -0.2) is 0 Å². The molecule has 0 fully saturated rings. The van der Waals surface area contributed by atoms with E-state index in [9.17, 15) is 19.8 Å². The number of aryl methyl sites for hydroxylation is 2. The SMILES string of the molecule is O=C([O-])CCCc1c[nH]c2ccccc12.O=C([O-])CCCc1cc2ccccc2[nH]1.[Li+].[Li+]. The number of aromatic amines is 2. The quantitative estimate of drug-likeness (QED) is 0.289. The molecule has 0 saturated heterocycles. The van der Waals surface area contributed by atoms with E-state index in [1.54, 1.807) is 0 Å². The van der Waals surface area contributed by atoms with Gasteiger partial charge in [0.25, 0.3) is 0 Å². The minimum Gasteiger partial charge on any atom is -0.550 e. The van der Waals surface area contributed by atoms with Gasteiger partial charge in [-0.3, -0.25) is 0 Å². The molecule has 2 heterocycles. The molecule has 4 aromatic rings. The largest absolute Gasteiger partial charge is 1.00 e. The van der Waals surface area contributed by atoms with Gasteiger partial charge in [-0.2, -0.15) is 0 Å². The second kappa shape index (κ2) is 13.9. The summed E-state index contributed by atoms with van der Waals surface area (Å²) in [5.41, 5.74) is 4.45. The van der Waals surface area contributed by atoms with Crippen LogP contribution in [0.5, 0.6) is 0 Å². The van der Waals surface area contributed by atoms with Gasteiger partial charge in [0, 0.05) is 40.2 Å². The van der Waals surface area contributed by atoms with Gasteiger partial charge in [0.1, 0.15) is 0 Å². The number of hydrogen-bond acceptors (Lipinski definition) is 4. The third kappa shape index (κ3) is 8.30. The molecule has 2 aromatic heterocycles. The average Bonchev–Trinajstić information content (AvgIpc) is 3.32. The van der Waals surface area contributed by atoms with E-state index in [4.69, 9.17) is 0 Å². The van der Waals surface area contributed by atoms with Gasteiger partial charge in [-0.1, -0.05) is 36.4 Å². The first-order chi connectivity index (χ1) is 14.5. The van der Waals surface area contributed by atoms with Crippen molar-refractivity contribution < 1.29 is 57.5 Å². The van der Waals surface area contributed by atoms with Crippen molar-refractivity contribution in [2.75, 3.05) is 0 Å². The summed E-state index contributed by atoms with van der Waals surface area (Å²) in [6.45, 7) is 0. The molecule has 2 aromatic carbocycles. The van der Waals surface area contributed by atoms with Gasteiger partial charge in [0.2, 0.25) is 0 Å². The summed E-state index contributed by atoms with van der Waals surface area (Å²) in [7, 11) is 0. The number of aromatic nitrogens is 2. The average molecular weight is 418 g/mol. The molecule has 8 heteroatoms. The van der Waals surface area contributed by atoms with E-state index in [-0.39, 0.29) is 50.6 Å². The summed E-state index contributed by atoms with van der Waals surface area (Å²) in [5, 5.41) is 22.9. The maximum atomic E-state index is 10.3. The first-order valence-electron chi connectivity index (χ1n) is 10.0. The number of aliphatic carboxylic acids is 2. The number of carboxylic acids is 2. The van der Waals surface area contributed by atoms with Crippen LogP contribution in [0.15, 0.2) is 60.8 Å². The first-order valence-corrected chi connectivity index (χ1v) is 10.0. The Balaban J connectivity index is 0.000000301. The van der Waals surface area contributed by atoms with E-state index >= 15 is 0 Å². The Morgan fingerprint density at radius 2 is 1.38 bits per heavy atom. The number of fused-ring (bicyclic) bond motifs is 2. The van der Waals surface area contributed by atoms with Crippen molar-refractivity contribution in [1.82, 2.24) is 9.97 Å². The minimum absolute atomic E-state index is 0. The maximum Gasteiger partial charge on any atom is 1.00 e. The number of nitrogens with one attached hydrogen (secondary N) is 2. The minimum atomic E-state index is -0.980. The van der Waals surface area contributed by atoms with E-state index in [1.807, 2.05) is 54.7 Å². The molecule has 0 bridgehead atoms. The van der Waals surface area contributed by atoms with Crippen LogP contribution in [0.25, 0.3) is 21.8 Å². The van der Waals surface area contributed by atoms with E-state index in [1.165, 1.54) is 16.3 Å². The third-order valence-corrected chi connectivity index (χ3v) is 4.91. The summed E-state index contributed by atoms with van der Waals surface area (Å²) in [6, 6.07) is 18.1. The number of rotatable bonds is 8. The zero-order valence-electron chi connectivity index (χ0n) is 18.6. The summed E-state index contributed by atoms with van der Waals surface area (Å²) in [5.74, 6) is -1.96. The number of H-pyrrole nitrogens is 2. The van der Waals surface area contributed by atoms with Crippen molar-refractivity contribution >= 4 is 33.7 Å². The molecule has 0 atom stereocenters. The Labute approximate surface area is 211 Å². The first kappa shape index (κ1) is 27.7. The molecule has 0 aliphatic carbocycles. The zero-order chi connectivity index (χ0) is 21.3. The predicted octanol–water partition coefficient (Wildman–Crippen LogP) is -3.51. The fraction of sp³-hybridized carbons (Fsp3) is 0.250. The molecule has 2 N–H and O–H groups in total. The smallest absolute Gasteiger partial charge is 0.550 e. The molecule has 0 saturated carbocycles. The fourth-order valence-corrected chi connectivity index (χ4v) is 3.45. The van der Waals surface area contributed by atoms with Gasteiger partial charge in [0.15, 0.2) is 0 Å². The van der Waals surface area contributed by atoms with Crippen LogP contribution in [-0.4, -0.2) is 21.9 Å². The Morgan fingerprint density at radius 1 is 0.781 bits per heavy atom. The number of para-hydroxylation sites is 2. The standard InChI is InChI=1S/2C12H13NO2.2Li/c14-12(15)7-3-4-9-8-13-11-6-2-1-5-10(9)11;14-12(15)7-3-5-10-8-9-4-1-2-6-11(9)13-10;;/h1-2,5-6,8,13H,3-4,7H2,(H,14,15);1-2,4,6,8,13H,3,5,7H2,(H,14,15);;/q;;2*+1/p-2. The number of carboxylic acid groups (broad SMARTS) is 2. The number of carbonyl (C=O) groups excluding carboxylic acids is 2. The molecule has 156 valence electrons. The Kier molecular flexibility index (Phi) is 12.1.